The highest BCUT2D eigenvalue weighted by Crippen LogP contribution is 2.24. The standard InChI is InChI=1S/C11H16BrNOS/c1-14-9-3-2-8(6-9)13-7-10-4-5-11(12)15-10/h4-5,8-9,13H,2-3,6-7H2,1H3. The largest absolute Gasteiger partial charge is 0.381 e. The normalized spacial score (nSPS) is 26.0. The van der Waals surface area contributed by atoms with E-state index in [0.717, 1.165) is 13.0 Å². The van der Waals surface area contributed by atoms with Gasteiger partial charge in [-0.2, -0.15) is 0 Å². The summed E-state index contributed by atoms with van der Waals surface area (Å²) in [6.45, 7) is 0.983. The minimum absolute atomic E-state index is 0.470. The van der Waals surface area contributed by atoms with Gasteiger partial charge >= 0.3 is 0 Å². The van der Waals surface area contributed by atoms with E-state index in [1.165, 1.54) is 21.5 Å². The Balaban J connectivity index is 1.75. The average Bonchev–Trinajstić information content (AvgIpc) is 2.83. The Bertz CT molecular complexity index is 315. The number of hydrogen-bond donors (Lipinski definition) is 1. The molecule has 1 saturated carbocycles. The maximum Gasteiger partial charge on any atom is 0.0701 e. The molecule has 4 heteroatoms. The highest BCUT2D eigenvalue weighted by Gasteiger charge is 2.23. The summed E-state index contributed by atoms with van der Waals surface area (Å²) >= 11 is 5.28. The van der Waals surface area contributed by atoms with Gasteiger partial charge < -0.3 is 10.1 Å². The van der Waals surface area contributed by atoms with Crippen molar-refractivity contribution in [2.24, 2.45) is 0 Å². The van der Waals surface area contributed by atoms with Gasteiger partial charge in [-0.1, -0.05) is 0 Å². The molecule has 0 radical (unpaired) electrons. The van der Waals surface area contributed by atoms with Gasteiger partial charge in [0.05, 0.1) is 9.89 Å². The van der Waals surface area contributed by atoms with E-state index in [9.17, 15) is 0 Å². The Hall–Kier alpha value is 0.1000. The molecule has 1 aromatic rings. The summed E-state index contributed by atoms with van der Waals surface area (Å²) < 4.78 is 6.56. The number of thiophene rings is 1. The third-order valence-electron chi connectivity index (χ3n) is 2.91. The molecule has 2 unspecified atom stereocenters. The second-order valence-corrected chi connectivity index (χ2v) is 6.50. The first-order valence-corrected chi connectivity index (χ1v) is 6.89. The van der Waals surface area contributed by atoms with Crippen molar-refractivity contribution in [2.45, 2.75) is 38.0 Å². The van der Waals surface area contributed by atoms with Crippen LogP contribution in [0.1, 0.15) is 24.1 Å². The molecule has 1 aliphatic rings. The van der Waals surface area contributed by atoms with Crippen LogP contribution in [-0.2, 0) is 11.3 Å². The predicted molar refractivity (Wildman–Crippen MR) is 67.3 cm³/mol. The van der Waals surface area contributed by atoms with Crippen LogP contribution in [0.5, 0.6) is 0 Å². The second-order valence-electron chi connectivity index (χ2n) is 3.95. The van der Waals surface area contributed by atoms with Crippen LogP contribution in [-0.4, -0.2) is 19.3 Å². The van der Waals surface area contributed by atoms with Crippen molar-refractivity contribution in [1.82, 2.24) is 5.32 Å². The topological polar surface area (TPSA) is 21.3 Å². The van der Waals surface area contributed by atoms with E-state index in [-0.39, 0.29) is 0 Å². The number of ether oxygens (including phenoxy) is 1. The minimum Gasteiger partial charge on any atom is -0.381 e. The monoisotopic (exact) mass is 289 g/mol. The fourth-order valence-corrected chi connectivity index (χ4v) is 3.47. The Labute approximate surface area is 103 Å². The quantitative estimate of drug-likeness (QED) is 0.919. The molecule has 2 atom stereocenters. The van der Waals surface area contributed by atoms with E-state index in [1.54, 1.807) is 11.3 Å². The van der Waals surface area contributed by atoms with Crippen molar-refractivity contribution >= 4 is 27.3 Å². The van der Waals surface area contributed by atoms with Gasteiger partial charge in [-0.15, -0.1) is 11.3 Å². The van der Waals surface area contributed by atoms with Gasteiger partial charge in [0.25, 0.3) is 0 Å². The zero-order valence-electron chi connectivity index (χ0n) is 8.83. The van der Waals surface area contributed by atoms with Crippen molar-refractivity contribution in [3.63, 3.8) is 0 Å². The summed E-state index contributed by atoms with van der Waals surface area (Å²) in [6.07, 6.45) is 4.06. The number of methoxy groups -OCH3 is 1. The zero-order valence-corrected chi connectivity index (χ0v) is 11.2. The number of nitrogens with one attached hydrogen (secondary N) is 1. The molecule has 1 heterocycles. The first kappa shape index (κ1) is 11.6. The van der Waals surface area contributed by atoms with E-state index in [1.807, 2.05) is 7.11 Å². The summed E-state index contributed by atoms with van der Waals surface area (Å²) in [5.74, 6) is 0. The van der Waals surface area contributed by atoms with Crippen LogP contribution >= 0.6 is 27.3 Å². The van der Waals surface area contributed by atoms with Gasteiger partial charge in [-0.05, 0) is 47.3 Å². The van der Waals surface area contributed by atoms with Gasteiger partial charge in [0.2, 0.25) is 0 Å². The number of rotatable bonds is 4. The van der Waals surface area contributed by atoms with E-state index < -0.39 is 0 Å². The molecule has 0 spiro atoms. The molecule has 0 bridgehead atoms. The van der Waals surface area contributed by atoms with Crippen LogP contribution in [0, 0.1) is 0 Å². The first-order valence-electron chi connectivity index (χ1n) is 5.28. The van der Waals surface area contributed by atoms with Crippen molar-refractivity contribution in [3.8, 4) is 0 Å². The van der Waals surface area contributed by atoms with Gasteiger partial charge in [0.15, 0.2) is 0 Å². The predicted octanol–water partition coefficient (Wildman–Crippen LogP) is 3.17. The molecule has 2 rings (SSSR count). The first-order chi connectivity index (χ1) is 7.28. The van der Waals surface area contributed by atoms with Crippen LogP contribution in [0.15, 0.2) is 15.9 Å². The number of hydrogen-bond acceptors (Lipinski definition) is 3. The molecule has 1 aromatic heterocycles. The Morgan fingerprint density at radius 3 is 3.00 bits per heavy atom. The summed E-state index contributed by atoms with van der Waals surface area (Å²) in [6, 6.07) is 4.91. The molecule has 84 valence electrons. The van der Waals surface area contributed by atoms with Crippen molar-refractivity contribution in [3.05, 3.63) is 20.8 Å². The van der Waals surface area contributed by atoms with E-state index >= 15 is 0 Å². The number of halogens is 1. The van der Waals surface area contributed by atoms with E-state index in [4.69, 9.17) is 4.74 Å². The van der Waals surface area contributed by atoms with Crippen LogP contribution in [0.3, 0.4) is 0 Å². The summed E-state index contributed by atoms with van der Waals surface area (Å²) in [5, 5.41) is 3.59. The Morgan fingerprint density at radius 2 is 2.40 bits per heavy atom. The van der Waals surface area contributed by atoms with Gasteiger partial charge in [-0.25, -0.2) is 0 Å². The fourth-order valence-electron chi connectivity index (χ4n) is 2.03. The lowest BCUT2D eigenvalue weighted by Crippen LogP contribution is -2.26. The van der Waals surface area contributed by atoms with Crippen LogP contribution in [0.4, 0.5) is 0 Å². The van der Waals surface area contributed by atoms with Crippen molar-refractivity contribution in [1.29, 1.82) is 0 Å². The summed E-state index contributed by atoms with van der Waals surface area (Å²) in [4.78, 5) is 1.39. The molecular weight excluding hydrogens is 274 g/mol. The van der Waals surface area contributed by atoms with Crippen LogP contribution in [0.2, 0.25) is 0 Å². The second kappa shape index (κ2) is 5.43. The molecule has 1 aliphatic carbocycles. The Morgan fingerprint density at radius 1 is 1.53 bits per heavy atom. The molecule has 15 heavy (non-hydrogen) atoms. The molecule has 0 aliphatic heterocycles. The van der Waals surface area contributed by atoms with Crippen LogP contribution < -0.4 is 5.32 Å². The third kappa shape index (κ3) is 3.28. The van der Waals surface area contributed by atoms with Gasteiger partial charge in [0.1, 0.15) is 0 Å². The lowest BCUT2D eigenvalue weighted by atomic mass is 10.2. The van der Waals surface area contributed by atoms with Gasteiger partial charge in [0, 0.05) is 24.6 Å². The van der Waals surface area contributed by atoms with Crippen molar-refractivity contribution < 1.29 is 4.74 Å². The van der Waals surface area contributed by atoms with Crippen molar-refractivity contribution in [2.75, 3.05) is 7.11 Å². The van der Waals surface area contributed by atoms with Gasteiger partial charge in [-0.3, -0.25) is 0 Å². The smallest absolute Gasteiger partial charge is 0.0701 e. The molecule has 2 nitrogen and oxygen atoms in total. The third-order valence-corrected chi connectivity index (χ3v) is 4.54. The maximum atomic E-state index is 5.35. The molecule has 1 fully saturated rings. The lowest BCUT2D eigenvalue weighted by Gasteiger charge is -2.11. The fraction of sp³-hybridized carbons (Fsp3) is 0.636. The van der Waals surface area contributed by atoms with E-state index in [2.05, 4.69) is 33.4 Å². The lowest BCUT2D eigenvalue weighted by molar-refractivity contribution is 0.107. The molecule has 0 saturated heterocycles. The zero-order chi connectivity index (χ0) is 10.7. The summed E-state index contributed by atoms with van der Waals surface area (Å²) in [5.41, 5.74) is 0. The highest BCUT2D eigenvalue weighted by molar-refractivity contribution is 9.11. The van der Waals surface area contributed by atoms with Crippen LogP contribution in [0.25, 0.3) is 0 Å². The molecule has 0 amide bonds. The summed E-state index contributed by atoms with van der Waals surface area (Å²) in [7, 11) is 1.81. The molecule has 0 aromatic carbocycles. The minimum atomic E-state index is 0.470. The highest BCUT2D eigenvalue weighted by atomic mass is 79.9. The molecular formula is C11H16BrNOS. The van der Waals surface area contributed by atoms with E-state index in [0.29, 0.717) is 12.1 Å². The average molecular weight is 290 g/mol. The molecule has 1 N–H and O–H groups in total. The SMILES string of the molecule is COC1CCC(NCc2ccc(Br)s2)C1. The Kier molecular flexibility index (Phi) is 4.20. The maximum absolute atomic E-state index is 5.35.